The number of nitrogens with one attached hydrogen (secondary N) is 1. The fourth-order valence-corrected chi connectivity index (χ4v) is 3.87. The van der Waals surface area contributed by atoms with E-state index in [-0.39, 0.29) is 11.8 Å². The molecule has 0 saturated carbocycles. The van der Waals surface area contributed by atoms with Gasteiger partial charge in [-0.1, -0.05) is 0 Å². The van der Waals surface area contributed by atoms with Crippen LogP contribution < -0.4 is 5.32 Å². The Hall–Kier alpha value is -2.76. The predicted molar refractivity (Wildman–Crippen MR) is 92.6 cm³/mol. The van der Waals surface area contributed by atoms with Crippen molar-refractivity contribution >= 4 is 46.0 Å². The lowest BCUT2D eigenvalue weighted by Gasteiger charge is -2.23. The van der Waals surface area contributed by atoms with Gasteiger partial charge < -0.3 is 19.7 Å². The number of halogens is 1. The second kappa shape index (κ2) is 7.01. The number of furan rings is 1. The van der Waals surface area contributed by atoms with Gasteiger partial charge >= 0.3 is 6.09 Å². The average Bonchev–Trinajstić information content (AvgIpc) is 3.14. The molecule has 0 saturated heterocycles. The third-order valence-corrected chi connectivity index (χ3v) is 5.00. The number of carboxylic acid groups (broad SMARTS) is 1. The molecule has 9 heteroatoms. The molecular formula is C16H12ClN3O4S. The van der Waals surface area contributed by atoms with E-state index in [9.17, 15) is 14.9 Å². The van der Waals surface area contributed by atoms with E-state index in [1.165, 1.54) is 28.4 Å². The van der Waals surface area contributed by atoms with E-state index in [1.54, 1.807) is 12.1 Å². The molecule has 0 fully saturated rings. The number of hydrogen-bond donors (Lipinski definition) is 2. The molecule has 0 unspecified atom stereocenters. The Morgan fingerprint density at radius 2 is 2.28 bits per heavy atom. The SMILES string of the molecule is N#Cc1c(NC(=O)C=Cc2ccc(Cl)o2)sc2c1CCN(C(=O)O)C2. The normalized spacial score (nSPS) is 13.5. The smallest absolute Gasteiger partial charge is 0.407 e. The highest BCUT2D eigenvalue weighted by atomic mass is 35.5. The van der Waals surface area contributed by atoms with Gasteiger partial charge in [-0.15, -0.1) is 11.3 Å². The van der Waals surface area contributed by atoms with Crippen LogP contribution in [-0.4, -0.2) is 28.6 Å². The minimum Gasteiger partial charge on any atom is -0.465 e. The Morgan fingerprint density at radius 1 is 1.48 bits per heavy atom. The van der Waals surface area contributed by atoms with Gasteiger partial charge in [-0.05, 0) is 41.8 Å². The monoisotopic (exact) mass is 377 g/mol. The van der Waals surface area contributed by atoms with E-state index in [0.717, 1.165) is 10.4 Å². The summed E-state index contributed by atoms with van der Waals surface area (Å²) in [5, 5.41) is 21.8. The molecule has 0 aliphatic carbocycles. The highest BCUT2D eigenvalue weighted by Crippen LogP contribution is 2.36. The number of nitriles is 1. The van der Waals surface area contributed by atoms with Gasteiger partial charge in [-0.2, -0.15) is 5.26 Å². The molecule has 3 rings (SSSR count). The van der Waals surface area contributed by atoms with Crippen LogP contribution in [0.1, 0.15) is 21.8 Å². The Bertz CT molecular complexity index is 909. The van der Waals surface area contributed by atoms with Crippen LogP contribution in [-0.2, 0) is 17.8 Å². The summed E-state index contributed by atoms with van der Waals surface area (Å²) >= 11 is 6.88. The van der Waals surface area contributed by atoms with E-state index < -0.39 is 12.0 Å². The third-order valence-electron chi connectivity index (χ3n) is 3.67. The van der Waals surface area contributed by atoms with Crippen LogP contribution in [0, 0.1) is 11.3 Å². The standard InChI is InChI=1S/C16H12ClN3O4S/c17-13-3-1-9(24-13)2-4-14(21)19-15-11(7-18)10-5-6-20(16(22)23)8-12(10)25-15/h1-4H,5-6,8H2,(H,19,21)(H,22,23). The lowest BCUT2D eigenvalue weighted by atomic mass is 10.0. The zero-order chi connectivity index (χ0) is 18.0. The van der Waals surface area contributed by atoms with Gasteiger partial charge in [0.15, 0.2) is 5.22 Å². The first kappa shape index (κ1) is 17.1. The van der Waals surface area contributed by atoms with Crippen molar-refractivity contribution in [3.8, 4) is 6.07 Å². The van der Waals surface area contributed by atoms with E-state index in [1.807, 2.05) is 0 Å². The number of thiophene rings is 1. The highest BCUT2D eigenvalue weighted by Gasteiger charge is 2.27. The average molecular weight is 378 g/mol. The molecule has 2 amide bonds. The number of amides is 2. The zero-order valence-electron chi connectivity index (χ0n) is 12.8. The molecule has 0 bridgehead atoms. The Morgan fingerprint density at radius 3 is 2.92 bits per heavy atom. The number of nitrogens with zero attached hydrogens (tertiary/aromatic N) is 2. The first-order chi connectivity index (χ1) is 12.0. The largest absolute Gasteiger partial charge is 0.465 e. The summed E-state index contributed by atoms with van der Waals surface area (Å²) in [6, 6.07) is 5.29. The third kappa shape index (κ3) is 3.68. The van der Waals surface area contributed by atoms with Crippen LogP contribution in [0.15, 0.2) is 22.6 Å². The molecule has 0 spiro atoms. The van der Waals surface area contributed by atoms with Crippen molar-refractivity contribution in [1.29, 1.82) is 5.26 Å². The maximum atomic E-state index is 12.1. The quantitative estimate of drug-likeness (QED) is 0.795. The van der Waals surface area contributed by atoms with E-state index in [0.29, 0.717) is 29.3 Å². The van der Waals surface area contributed by atoms with Crippen LogP contribution in [0.3, 0.4) is 0 Å². The summed E-state index contributed by atoms with van der Waals surface area (Å²) < 4.78 is 5.12. The van der Waals surface area contributed by atoms with Gasteiger partial charge in [-0.25, -0.2) is 4.79 Å². The number of anilines is 1. The first-order valence-electron chi connectivity index (χ1n) is 7.25. The maximum absolute atomic E-state index is 12.1. The van der Waals surface area contributed by atoms with Gasteiger partial charge in [0, 0.05) is 17.5 Å². The molecule has 25 heavy (non-hydrogen) atoms. The van der Waals surface area contributed by atoms with Crippen molar-refractivity contribution in [2.75, 3.05) is 11.9 Å². The molecule has 0 radical (unpaired) electrons. The highest BCUT2D eigenvalue weighted by molar-refractivity contribution is 7.16. The van der Waals surface area contributed by atoms with Crippen molar-refractivity contribution < 1.29 is 19.1 Å². The van der Waals surface area contributed by atoms with Crippen molar-refractivity contribution in [2.24, 2.45) is 0 Å². The minimum atomic E-state index is -0.997. The molecule has 1 aliphatic heterocycles. The molecule has 0 atom stereocenters. The van der Waals surface area contributed by atoms with Crippen molar-refractivity contribution in [3.63, 3.8) is 0 Å². The Kier molecular flexibility index (Phi) is 4.79. The van der Waals surface area contributed by atoms with Gasteiger partial charge in [-0.3, -0.25) is 4.79 Å². The second-order valence-electron chi connectivity index (χ2n) is 5.24. The summed E-state index contributed by atoms with van der Waals surface area (Å²) in [6.07, 6.45) is 2.20. The molecule has 1 aliphatic rings. The maximum Gasteiger partial charge on any atom is 0.407 e. The number of carbonyl (C=O) groups excluding carboxylic acids is 1. The van der Waals surface area contributed by atoms with Gasteiger partial charge in [0.2, 0.25) is 5.91 Å². The summed E-state index contributed by atoms with van der Waals surface area (Å²) in [4.78, 5) is 25.2. The van der Waals surface area contributed by atoms with Crippen molar-refractivity contribution in [2.45, 2.75) is 13.0 Å². The molecule has 3 heterocycles. The summed E-state index contributed by atoms with van der Waals surface area (Å²) in [7, 11) is 0. The van der Waals surface area contributed by atoms with Crippen molar-refractivity contribution in [1.82, 2.24) is 4.90 Å². The van der Waals surface area contributed by atoms with Crippen LogP contribution in [0.5, 0.6) is 0 Å². The second-order valence-corrected chi connectivity index (χ2v) is 6.72. The molecule has 2 aromatic rings. The van der Waals surface area contributed by atoms with E-state index in [4.69, 9.17) is 21.1 Å². The number of fused-ring (bicyclic) bond motifs is 1. The molecule has 2 N–H and O–H groups in total. The Balaban J connectivity index is 1.77. The molecule has 2 aromatic heterocycles. The van der Waals surface area contributed by atoms with Gasteiger partial charge in [0.1, 0.15) is 16.8 Å². The topological polar surface area (TPSA) is 107 Å². The summed E-state index contributed by atoms with van der Waals surface area (Å²) in [5.41, 5.74) is 1.20. The lowest BCUT2D eigenvalue weighted by Crippen LogP contribution is -2.34. The fraction of sp³-hybridized carbons (Fsp3) is 0.188. The lowest BCUT2D eigenvalue weighted by molar-refractivity contribution is -0.111. The van der Waals surface area contributed by atoms with Crippen LogP contribution in [0.25, 0.3) is 6.08 Å². The number of carbonyl (C=O) groups is 2. The Labute approximate surface area is 151 Å². The van der Waals surface area contributed by atoms with E-state index in [2.05, 4.69) is 11.4 Å². The predicted octanol–water partition coefficient (Wildman–Crippen LogP) is 3.55. The van der Waals surface area contributed by atoms with Gasteiger partial charge in [0.05, 0.1) is 12.1 Å². The van der Waals surface area contributed by atoms with E-state index >= 15 is 0 Å². The first-order valence-corrected chi connectivity index (χ1v) is 8.44. The summed E-state index contributed by atoms with van der Waals surface area (Å²) in [5.74, 6) is 0.0148. The fourth-order valence-electron chi connectivity index (χ4n) is 2.50. The number of hydrogen-bond acceptors (Lipinski definition) is 5. The van der Waals surface area contributed by atoms with Crippen LogP contribution in [0.4, 0.5) is 9.80 Å². The van der Waals surface area contributed by atoms with Crippen molar-refractivity contribution in [3.05, 3.63) is 45.2 Å². The number of rotatable bonds is 3. The van der Waals surface area contributed by atoms with Crippen LogP contribution in [0.2, 0.25) is 5.22 Å². The molecule has 128 valence electrons. The molecule has 0 aromatic carbocycles. The minimum absolute atomic E-state index is 0.223. The zero-order valence-corrected chi connectivity index (χ0v) is 14.4. The molecule has 7 nitrogen and oxygen atoms in total. The van der Waals surface area contributed by atoms with Gasteiger partial charge in [0.25, 0.3) is 0 Å². The molecular weight excluding hydrogens is 366 g/mol. The van der Waals surface area contributed by atoms with Crippen LogP contribution >= 0.6 is 22.9 Å². The summed E-state index contributed by atoms with van der Waals surface area (Å²) in [6.45, 7) is 0.556.